The Bertz CT molecular complexity index is 613. The molecule has 8 heteroatoms. The summed E-state index contributed by atoms with van der Waals surface area (Å²) in [5.41, 5.74) is 0.633. The molecule has 0 aliphatic heterocycles. The summed E-state index contributed by atoms with van der Waals surface area (Å²) in [6.45, 7) is 0.619. The van der Waals surface area contributed by atoms with Crippen molar-refractivity contribution in [2.24, 2.45) is 5.92 Å². The molecule has 1 N–H and O–H groups in total. The van der Waals surface area contributed by atoms with Gasteiger partial charge >= 0.3 is 0 Å². The summed E-state index contributed by atoms with van der Waals surface area (Å²) in [6, 6.07) is 3.32. The van der Waals surface area contributed by atoms with Gasteiger partial charge in [-0.05, 0) is 12.1 Å². The number of ether oxygens (including phenoxy) is 2. The van der Waals surface area contributed by atoms with E-state index in [4.69, 9.17) is 26.3 Å². The summed E-state index contributed by atoms with van der Waals surface area (Å²) >= 11 is 5.78. The lowest BCUT2D eigenvalue weighted by Crippen LogP contribution is -2.35. The van der Waals surface area contributed by atoms with Crippen molar-refractivity contribution in [1.29, 1.82) is 5.26 Å². The molecule has 0 bridgehead atoms. The number of hydrogen-bond acceptors (Lipinski definition) is 5. The SMILES string of the molecule is COCC(COC)C(c1ccc(Cl)nc1)=S(C)(=O)NC#N. The highest BCUT2D eigenvalue weighted by Crippen LogP contribution is 2.15. The Morgan fingerprint density at radius 2 is 2.10 bits per heavy atom. The Morgan fingerprint density at radius 1 is 1.48 bits per heavy atom. The van der Waals surface area contributed by atoms with Gasteiger partial charge in [0, 0.05) is 43.0 Å². The Labute approximate surface area is 130 Å². The third kappa shape index (κ3) is 4.86. The fourth-order valence-corrected chi connectivity index (χ4v) is 3.78. The molecular formula is C13H18ClN3O3S. The van der Waals surface area contributed by atoms with Crippen molar-refractivity contribution >= 4 is 26.2 Å². The number of nitrogens with zero attached hydrogens (tertiary/aromatic N) is 2. The van der Waals surface area contributed by atoms with Gasteiger partial charge in [0.05, 0.1) is 22.9 Å². The number of nitriles is 1. The Balaban J connectivity index is 3.46. The van der Waals surface area contributed by atoms with E-state index in [1.54, 1.807) is 32.5 Å². The maximum atomic E-state index is 12.8. The number of halogens is 1. The average Bonchev–Trinajstić information content (AvgIpc) is 2.41. The summed E-state index contributed by atoms with van der Waals surface area (Å²) in [6.07, 6.45) is 4.73. The molecule has 0 fully saturated rings. The van der Waals surface area contributed by atoms with Gasteiger partial charge in [0.15, 0.2) is 6.19 Å². The van der Waals surface area contributed by atoms with Gasteiger partial charge in [0.1, 0.15) is 5.15 Å². The van der Waals surface area contributed by atoms with Crippen molar-refractivity contribution < 1.29 is 13.7 Å². The third-order valence-electron chi connectivity index (χ3n) is 2.78. The van der Waals surface area contributed by atoms with Crippen LogP contribution < -0.4 is 4.72 Å². The zero-order chi connectivity index (χ0) is 15.9. The van der Waals surface area contributed by atoms with Gasteiger partial charge in [-0.25, -0.2) is 13.9 Å². The molecule has 0 radical (unpaired) electrons. The quantitative estimate of drug-likeness (QED) is 0.265. The maximum absolute atomic E-state index is 12.8. The molecule has 0 aromatic carbocycles. The van der Waals surface area contributed by atoms with Crippen molar-refractivity contribution in [2.45, 2.75) is 0 Å². The van der Waals surface area contributed by atoms with E-state index in [2.05, 4.69) is 9.71 Å². The van der Waals surface area contributed by atoms with Crippen LogP contribution in [0, 0.1) is 17.4 Å². The number of pyridine rings is 1. The van der Waals surface area contributed by atoms with E-state index >= 15 is 0 Å². The summed E-state index contributed by atoms with van der Waals surface area (Å²) < 4.78 is 25.5. The number of rotatable bonds is 7. The second-order valence-electron chi connectivity index (χ2n) is 4.40. The molecule has 1 aromatic heterocycles. The fraction of sp³-hybridized carbons (Fsp3) is 0.462. The first-order chi connectivity index (χ1) is 9.96. The molecule has 21 heavy (non-hydrogen) atoms. The minimum absolute atomic E-state index is 0.277. The molecule has 1 heterocycles. The second kappa shape index (κ2) is 8.20. The molecule has 0 amide bonds. The highest BCUT2D eigenvalue weighted by atomic mass is 35.5. The van der Waals surface area contributed by atoms with E-state index < -0.39 is 9.71 Å². The highest BCUT2D eigenvalue weighted by Gasteiger charge is 2.23. The minimum atomic E-state index is -2.77. The zero-order valence-corrected chi connectivity index (χ0v) is 13.7. The lowest BCUT2D eigenvalue weighted by molar-refractivity contribution is 0.114. The molecule has 1 aromatic rings. The second-order valence-corrected chi connectivity index (χ2v) is 7.12. The van der Waals surface area contributed by atoms with Crippen LogP contribution in [0.5, 0.6) is 0 Å². The van der Waals surface area contributed by atoms with Crippen LogP contribution in [0.15, 0.2) is 18.3 Å². The van der Waals surface area contributed by atoms with Crippen molar-refractivity contribution in [3.8, 4) is 6.19 Å². The number of methoxy groups -OCH3 is 2. The lowest BCUT2D eigenvalue weighted by Gasteiger charge is -2.22. The van der Waals surface area contributed by atoms with Crippen LogP contribution in [0.1, 0.15) is 5.56 Å². The first-order valence-corrected chi connectivity index (χ1v) is 8.42. The van der Waals surface area contributed by atoms with Gasteiger partial charge in [-0.15, -0.1) is 0 Å². The third-order valence-corrected chi connectivity index (χ3v) is 4.89. The van der Waals surface area contributed by atoms with Gasteiger partial charge in [0.2, 0.25) is 0 Å². The predicted molar refractivity (Wildman–Crippen MR) is 83.4 cm³/mol. The summed E-state index contributed by atoms with van der Waals surface area (Å²) in [5, 5.41) is 9.17. The Kier molecular flexibility index (Phi) is 6.92. The van der Waals surface area contributed by atoms with E-state index in [9.17, 15) is 4.21 Å². The predicted octanol–water partition coefficient (Wildman–Crippen LogP) is 1.06. The van der Waals surface area contributed by atoms with Crippen molar-refractivity contribution in [3.05, 3.63) is 29.0 Å². The smallest absolute Gasteiger partial charge is 0.188 e. The molecule has 1 atom stereocenters. The molecule has 0 saturated heterocycles. The zero-order valence-electron chi connectivity index (χ0n) is 12.1. The van der Waals surface area contributed by atoms with Crippen LogP contribution in [0.2, 0.25) is 5.15 Å². The van der Waals surface area contributed by atoms with Crippen LogP contribution in [-0.4, -0.2) is 47.7 Å². The molecule has 0 aliphatic rings. The number of nitrogens with one attached hydrogen (secondary N) is 1. The first-order valence-electron chi connectivity index (χ1n) is 6.08. The molecule has 0 saturated carbocycles. The van der Waals surface area contributed by atoms with E-state index in [0.29, 0.717) is 28.8 Å². The molecule has 116 valence electrons. The highest BCUT2D eigenvalue weighted by molar-refractivity contribution is 8.00. The normalized spacial score (nSPS) is 13.5. The van der Waals surface area contributed by atoms with Crippen LogP contribution in [0.4, 0.5) is 0 Å². The molecule has 6 nitrogen and oxygen atoms in total. The van der Waals surface area contributed by atoms with Crippen LogP contribution in [0.3, 0.4) is 0 Å². The first kappa shape index (κ1) is 17.7. The summed E-state index contributed by atoms with van der Waals surface area (Å²) in [4.78, 5) is 4.53. The van der Waals surface area contributed by atoms with E-state index in [1.165, 1.54) is 12.5 Å². The maximum Gasteiger partial charge on any atom is 0.188 e. The summed E-state index contributed by atoms with van der Waals surface area (Å²) in [5.74, 6) is -0.277. The van der Waals surface area contributed by atoms with Crippen LogP contribution in [0.25, 0.3) is 0 Å². The average molecular weight is 332 g/mol. The minimum Gasteiger partial charge on any atom is -0.384 e. The lowest BCUT2D eigenvalue weighted by atomic mass is 10.0. The largest absolute Gasteiger partial charge is 0.384 e. The molecule has 0 spiro atoms. The van der Waals surface area contributed by atoms with Gasteiger partial charge in [-0.3, -0.25) is 0 Å². The van der Waals surface area contributed by atoms with Gasteiger partial charge in [-0.1, -0.05) is 11.6 Å². The number of aromatic nitrogens is 1. The van der Waals surface area contributed by atoms with Crippen molar-refractivity contribution in [3.63, 3.8) is 0 Å². The monoisotopic (exact) mass is 331 g/mol. The number of hydrogen-bond donors (Lipinski definition) is 1. The standard InChI is InChI=1S/C13H18ClN3O3S/c1-19-7-11(8-20-2)13(21(3,18)17-9-15)10-4-5-12(14)16-6-10/h4-6,11H,7-8H2,1-3H3,(H,17,18). The molecule has 0 aliphatic carbocycles. The van der Waals surface area contributed by atoms with Crippen LogP contribution in [-0.2, 0) is 19.2 Å². The van der Waals surface area contributed by atoms with Gasteiger partial charge in [-0.2, -0.15) is 5.26 Å². The van der Waals surface area contributed by atoms with Crippen LogP contribution >= 0.6 is 11.6 Å². The van der Waals surface area contributed by atoms with E-state index in [-0.39, 0.29) is 5.92 Å². The van der Waals surface area contributed by atoms with Crippen molar-refractivity contribution in [2.75, 3.05) is 33.7 Å². The summed E-state index contributed by atoms with van der Waals surface area (Å²) in [7, 11) is 0.333. The molecule has 1 unspecified atom stereocenters. The Hall–Kier alpha value is -1.33. The van der Waals surface area contributed by atoms with Gasteiger partial charge in [0.25, 0.3) is 0 Å². The van der Waals surface area contributed by atoms with Crippen molar-refractivity contribution in [1.82, 2.24) is 9.71 Å². The Morgan fingerprint density at radius 3 is 2.52 bits per heavy atom. The molecular weight excluding hydrogens is 314 g/mol. The fourth-order valence-electron chi connectivity index (χ4n) is 2.04. The van der Waals surface area contributed by atoms with Gasteiger partial charge < -0.3 is 9.47 Å². The molecule has 1 rings (SSSR count). The van der Waals surface area contributed by atoms with E-state index in [0.717, 1.165) is 0 Å². The topological polar surface area (TPSA) is 84.2 Å². The van der Waals surface area contributed by atoms with E-state index in [1.807, 2.05) is 0 Å².